The number of amides is 1. The Kier molecular flexibility index (Phi) is 5.04. The molecule has 0 radical (unpaired) electrons. The van der Waals surface area contributed by atoms with Crippen LogP contribution in [0, 0.1) is 0 Å². The second-order valence-corrected chi connectivity index (χ2v) is 4.99. The Morgan fingerprint density at radius 1 is 1.36 bits per heavy atom. The summed E-state index contributed by atoms with van der Waals surface area (Å²) in [6.45, 7) is 3.54. The number of carboxylic acids is 1. The maximum Gasteiger partial charge on any atom is 0.411 e. The van der Waals surface area contributed by atoms with Crippen LogP contribution in [0.2, 0.25) is 0 Å². The Morgan fingerprint density at radius 2 is 2.05 bits per heavy atom. The minimum absolute atomic E-state index is 0.0526. The molecule has 118 valence electrons. The van der Waals surface area contributed by atoms with E-state index in [2.05, 4.69) is 6.58 Å². The van der Waals surface area contributed by atoms with Gasteiger partial charge in [0, 0.05) is 0 Å². The zero-order valence-electron chi connectivity index (χ0n) is 12.4. The Labute approximate surface area is 128 Å². The summed E-state index contributed by atoms with van der Waals surface area (Å²) in [7, 11) is 1.57. The van der Waals surface area contributed by atoms with Crippen molar-refractivity contribution >= 4 is 12.1 Å². The third-order valence-electron chi connectivity index (χ3n) is 3.71. The molecule has 1 heterocycles. The van der Waals surface area contributed by atoms with Crippen LogP contribution < -0.4 is 4.74 Å². The van der Waals surface area contributed by atoms with Crippen molar-refractivity contribution in [1.29, 1.82) is 0 Å². The van der Waals surface area contributed by atoms with Crippen molar-refractivity contribution in [3.8, 4) is 5.75 Å². The SMILES string of the molecule is C=CCOC(=O)N1[C@H](C(=O)O)CC[C@H]1c1ccc(OC)cc1. The van der Waals surface area contributed by atoms with Crippen molar-refractivity contribution in [3.63, 3.8) is 0 Å². The molecule has 1 aromatic carbocycles. The van der Waals surface area contributed by atoms with Gasteiger partial charge in [-0.25, -0.2) is 9.59 Å². The molecule has 22 heavy (non-hydrogen) atoms. The third-order valence-corrected chi connectivity index (χ3v) is 3.71. The number of ether oxygens (including phenoxy) is 2. The highest BCUT2D eigenvalue weighted by Crippen LogP contribution is 2.37. The van der Waals surface area contributed by atoms with Gasteiger partial charge in [0.25, 0.3) is 0 Å². The lowest BCUT2D eigenvalue weighted by atomic mass is 10.0. The smallest absolute Gasteiger partial charge is 0.411 e. The molecule has 0 aliphatic carbocycles. The van der Waals surface area contributed by atoms with E-state index >= 15 is 0 Å². The predicted octanol–water partition coefficient (Wildman–Crippen LogP) is 2.61. The number of nitrogens with zero attached hydrogens (tertiary/aromatic N) is 1. The summed E-state index contributed by atoms with van der Waals surface area (Å²) in [5.41, 5.74) is 0.861. The average Bonchev–Trinajstić information content (AvgIpc) is 2.98. The first kappa shape index (κ1) is 15.9. The summed E-state index contributed by atoms with van der Waals surface area (Å²) in [5, 5.41) is 9.32. The first-order valence-electron chi connectivity index (χ1n) is 7.01. The molecule has 0 bridgehead atoms. The topological polar surface area (TPSA) is 76.1 Å². The van der Waals surface area contributed by atoms with E-state index in [0.29, 0.717) is 18.6 Å². The standard InChI is InChI=1S/C16H19NO5/c1-3-10-22-16(20)17-13(8-9-14(17)15(18)19)11-4-6-12(21-2)7-5-11/h3-7,13-14H,1,8-10H2,2H3,(H,18,19)/t13-,14-/m0/s1. The van der Waals surface area contributed by atoms with Gasteiger partial charge in [-0.05, 0) is 30.5 Å². The van der Waals surface area contributed by atoms with Gasteiger partial charge in [0.2, 0.25) is 0 Å². The van der Waals surface area contributed by atoms with Gasteiger partial charge in [-0.2, -0.15) is 0 Å². The second kappa shape index (κ2) is 6.98. The van der Waals surface area contributed by atoms with Crippen molar-refractivity contribution in [2.24, 2.45) is 0 Å². The van der Waals surface area contributed by atoms with E-state index < -0.39 is 18.1 Å². The third kappa shape index (κ3) is 3.21. The molecule has 6 heteroatoms. The van der Waals surface area contributed by atoms with Crippen LogP contribution in [0.3, 0.4) is 0 Å². The molecule has 1 N–H and O–H groups in total. The van der Waals surface area contributed by atoms with Crippen LogP contribution in [0.1, 0.15) is 24.4 Å². The van der Waals surface area contributed by atoms with Gasteiger partial charge < -0.3 is 14.6 Å². The number of carbonyl (C=O) groups excluding carboxylic acids is 1. The number of carbonyl (C=O) groups is 2. The number of rotatable bonds is 5. The van der Waals surface area contributed by atoms with Crippen LogP contribution in [-0.4, -0.2) is 41.8 Å². The molecule has 1 aliphatic heterocycles. The van der Waals surface area contributed by atoms with E-state index in [4.69, 9.17) is 9.47 Å². The molecule has 6 nitrogen and oxygen atoms in total. The summed E-state index contributed by atoms with van der Waals surface area (Å²) < 4.78 is 10.1. The summed E-state index contributed by atoms with van der Waals surface area (Å²) >= 11 is 0. The van der Waals surface area contributed by atoms with Gasteiger partial charge in [0.15, 0.2) is 0 Å². The molecule has 0 unspecified atom stereocenters. The molecule has 1 aromatic rings. The largest absolute Gasteiger partial charge is 0.497 e. The predicted molar refractivity (Wildman–Crippen MR) is 79.8 cm³/mol. The van der Waals surface area contributed by atoms with E-state index in [0.717, 1.165) is 5.56 Å². The molecule has 1 amide bonds. The summed E-state index contributed by atoms with van der Waals surface area (Å²) in [6.07, 6.45) is 1.79. The van der Waals surface area contributed by atoms with Gasteiger partial charge in [0.05, 0.1) is 13.2 Å². The van der Waals surface area contributed by atoms with Crippen molar-refractivity contribution in [3.05, 3.63) is 42.5 Å². The first-order chi connectivity index (χ1) is 10.6. The number of methoxy groups -OCH3 is 1. The summed E-state index contributed by atoms with van der Waals surface area (Å²) in [5.74, 6) is -0.316. The Balaban J connectivity index is 2.25. The van der Waals surface area contributed by atoms with Crippen LogP contribution >= 0.6 is 0 Å². The van der Waals surface area contributed by atoms with Gasteiger partial charge in [-0.1, -0.05) is 24.8 Å². The minimum Gasteiger partial charge on any atom is -0.497 e. The highest BCUT2D eigenvalue weighted by atomic mass is 16.6. The highest BCUT2D eigenvalue weighted by Gasteiger charge is 2.42. The molecule has 2 rings (SSSR count). The number of benzene rings is 1. The number of carboxylic acid groups (broad SMARTS) is 1. The van der Waals surface area contributed by atoms with Crippen molar-refractivity contribution < 1.29 is 24.2 Å². The van der Waals surface area contributed by atoms with E-state index in [9.17, 15) is 14.7 Å². The fourth-order valence-corrected chi connectivity index (χ4v) is 2.67. The van der Waals surface area contributed by atoms with Crippen molar-refractivity contribution in [2.75, 3.05) is 13.7 Å². The average molecular weight is 305 g/mol. The van der Waals surface area contributed by atoms with Gasteiger partial charge >= 0.3 is 12.1 Å². The van der Waals surface area contributed by atoms with Crippen LogP contribution in [0.15, 0.2) is 36.9 Å². The van der Waals surface area contributed by atoms with Gasteiger partial charge in [-0.15, -0.1) is 0 Å². The molecular weight excluding hydrogens is 286 g/mol. The quantitative estimate of drug-likeness (QED) is 0.846. The normalized spacial score (nSPS) is 20.5. The lowest BCUT2D eigenvalue weighted by Gasteiger charge is -2.27. The van der Waals surface area contributed by atoms with Crippen LogP contribution in [0.25, 0.3) is 0 Å². The van der Waals surface area contributed by atoms with E-state index in [1.54, 1.807) is 19.2 Å². The molecule has 1 aliphatic rings. The molecule has 1 saturated heterocycles. The highest BCUT2D eigenvalue weighted by molar-refractivity contribution is 5.81. The number of likely N-dealkylation sites (tertiary alicyclic amines) is 1. The fourth-order valence-electron chi connectivity index (χ4n) is 2.67. The molecule has 0 spiro atoms. The van der Waals surface area contributed by atoms with Crippen LogP contribution in [-0.2, 0) is 9.53 Å². The molecule has 1 fully saturated rings. The molecular formula is C16H19NO5. The minimum atomic E-state index is -1.02. The number of aliphatic carboxylic acids is 1. The molecule has 0 aromatic heterocycles. The lowest BCUT2D eigenvalue weighted by molar-refractivity contribution is -0.142. The van der Waals surface area contributed by atoms with Crippen molar-refractivity contribution in [2.45, 2.75) is 24.9 Å². The van der Waals surface area contributed by atoms with E-state index in [1.807, 2.05) is 12.1 Å². The number of hydrogen-bond acceptors (Lipinski definition) is 4. The Bertz CT molecular complexity index is 554. The monoisotopic (exact) mass is 305 g/mol. The fraction of sp³-hybridized carbons (Fsp3) is 0.375. The van der Waals surface area contributed by atoms with E-state index in [-0.39, 0.29) is 12.6 Å². The first-order valence-corrected chi connectivity index (χ1v) is 7.01. The molecule has 2 atom stereocenters. The second-order valence-electron chi connectivity index (χ2n) is 4.99. The van der Waals surface area contributed by atoms with E-state index in [1.165, 1.54) is 11.0 Å². The molecule has 0 saturated carbocycles. The van der Waals surface area contributed by atoms with Gasteiger partial charge in [0.1, 0.15) is 18.4 Å². The maximum absolute atomic E-state index is 12.2. The zero-order valence-corrected chi connectivity index (χ0v) is 12.4. The Hall–Kier alpha value is -2.50. The number of hydrogen-bond donors (Lipinski definition) is 1. The van der Waals surface area contributed by atoms with Gasteiger partial charge in [-0.3, -0.25) is 4.90 Å². The Morgan fingerprint density at radius 3 is 2.59 bits per heavy atom. The summed E-state index contributed by atoms with van der Waals surface area (Å²) in [4.78, 5) is 24.9. The van der Waals surface area contributed by atoms with Crippen LogP contribution in [0.4, 0.5) is 4.79 Å². The summed E-state index contributed by atoms with van der Waals surface area (Å²) in [6, 6.07) is 6.06. The zero-order chi connectivity index (χ0) is 16.1. The van der Waals surface area contributed by atoms with Crippen molar-refractivity contribution in [1.82, 2.24) is 4.90 Å². The maximum atomic E-state index is 12.2. The van der Waals surface area contributed by atoms with Crippen LogP contribution in [0.5, 0.6) is 5.75 Å². The lowest BCUT2D eigenvalue weighted by Crippen LogP contribution is -2.42.